The van der Waals surface area contributed by atoms with E-state index in [1.165, 1.54) is 18.2 Å². The fraction of sp³-hybridized carbons (Fsp3) is 0.571. The lowest BCUT2D eigenvalue weighted by atomic mass is 9.88. The van der Waals surface area contributed by atoms with Crippen LogP contribution in [0.5, 0.6) is 0 Å². The second-order valence-corrected chi connectivity index (χ2v) is 7.31. The Morgan fingerprint density at radius 3 is 1.88 bits per heavy atom. The summed E-state index contributed by atoms with van der Waals surface area (Å²) in [4.78, 5) is -0.383. The Balaban J connectivity index is 3.35. The minimum Gasteiger partial charge on any atom is -0.359 e. The maximum Gasteiger partial charge on any atom is 0.426 e. The van der Waals surface area contributed by atoms with Gasteiger partial charge in [0.05, 0.1) is 10.6 Å². The van der Waals surface area contributed by atoms with E-state index in [2.05, 4.69) is 9.47 Å². The third kappa shape index (κ3) is 4.45. The van der Waals surface area contributed by atoms with Crippen molar-refractivity contribution < 1.29 is 44.2 Å². The molecule has 144 valence electrons. The second kappa shape index (κ2) is 7.50. The number of rotatable bonds is 7. The predicted molar refractivity (Wildman–Crippen MR) is 75.5 cm³/mol. The maximum atomic E-state index is 13.3. The van der Waals surface area contributed by atoms with E-state index < -0.39 is 46.3 Å². The number of benzene rings is 1. The van der Waals surface area contributed by atoms with Crippen LogP contribution in [0.2, 0.25) is 0 Å². The summed E-state index contributed by atoms with van der Waals surface area (Å²) in [5, 5.41) is 0. The molecule has 0 fully saturated rings. The topological polar surface area (TPSA) is 52.6 Å². The lowest BCUT2D eigenvalue weighted by Crippen LogP contribution is -2.64. The smallest absolute Gasteiger partial charge is 0.359 e. The zero-order chi connectivity index (χ0) is 19.5. The largest absolute Gasteiger partial charge is 0.426 e. The molecule has 0 saturated carbocycles. The number of sulfone groups is 1. The minimum atomic E-state index is -5.91. The van der Waals surface area contributed by atoms with Crippen LogP contribution in [-0.2, 0) is 19.3 Å². The number of hydrogen-bond acceptors (Lipinski definition) is 4. The van der Waals surface area contributed by atoms with Gasteiger partial charge in [-0.15, -0.1) is 0 Å². The lowest BCUT2D eigenvalue weighted by molar-refractivity contribution is -0.404. The van der Waals surface area contributed by atoms with Crippen LogP contribution in [-0.4, -0.2) is 46.0 Å². The van der Waals surface area contributed by atoms with Gasteiger partial charge in [-0.1, -0.05) is 25.1 Å². The number of ether oxygens (including phenoxy) is 2. The predicted octanol–water partition coefficient (Wildman–Crippen LogP) is 3.58. The first-order valence-corrected chi connectivity index (χ1v) is 8.49. The number of halogens is 6. The van der Waals surface area contributed by atoms with Crippen molar-refractivity contribution in [2.24, 2.45) is 5.92 Å². The van der Waals surface area contributed by atoms with E-state index in [1.54, 1.807) is 0 Å². The molecule has 0 spiro atoms. The Morgan fingerprint density at radius 1 is 1.00 bits per heavy atom. The first-order valence-electron chi connectivity index (χ1n) is 6.83. The molecular weight excluding hydrogens is 378 g/mol. The Morgan fingerprint density at radius 2 is 1.48 bits per heavy atom. The van der Waals surface area contributed by atoms with Crippen LogP contribution in [0, 0.1) is 5.92 Å². The van der Waals surface area contributed by atoms with Gasteiger partial charge in [0.15, 0.2) is 9.84 Å². The van der Waals surface area contributed by atoms with Crippen molar-refractivity contribution in [3.8, 4) is 0 Å². The van der Waals surface area contributed by atoms with Crippen molar-refractivity contribution in [1.82, 2.24) is 0 Å². The highest BCUT2D eigenvalue weighted by molar-refractivity contribution is 7.91. The van der Waals surface area contributed by atoms with Gasteiger partial charge in [-0.25, -0.2) is 8.42 Å². The van der Waals surface area contributed by atoms with Gasteiger partial charge in [0, 0.05) is 13.0 Å². The molecule has 1 atom stereocenters. The van der Waals surface area contributed by atoms with Crippen molar-refractivity contribution in [2.75, 3.05) is 19.7 Å². The van der Waals surface area contributed by atoms with E-state index in [-0.39, 0.29) is 4.90 Å². The average molecular weight is 394 g/mol. The van der Waals surface area contributed by atoms with Crippen LogP contribution in [0.1, 0.15) is 6.92 Å². The highest BCUT2D eigenvalue weighted by Crippen LogP contribution is 2.51. The van der Waals surface area contributed by atoms with Crippen molar-refractivity contribution in [1.29, 1.82) is 0 Å². The molecule has 1 aromatic carbocycles. The van der Waals surface area contributed by atoms with Crippen LogP contribution in [0.25, 0.3) is 0 Å². The van der Waals surface area contributed by atoms with Gasteiger partial charge < -0.3 is 9.47 Å². The lowest BCUT2D eigenvalue weighted by Gasteiger charge is -2.40. The molecule has 0 aliphatic rings. The molecule has 0 N–H and O–H groups in total. The van der Waals surface area contributed by atoms with Gasteiger partial charge in [0.1, 0.15) is 6.79 Å². The monoisotopic (exact) mass is 394 g/mol. The molecule has 11 heteroatoms. The summed E-state index contributed by atoms with van der Waals surface area (Å²) in [7, 11) is -3.56. The first kappa shape index (κ1) is 21.7. The average Bonchev–Trinajstić information content (AvgIpc) is 2.45. The molecule has 0 aliphatic heterocycles. The van der Waals surface area contributed by atoms with E-state index >= 15 is 0 Å². The molecule has 4 nitrogen and oxygen atoms in total. The van der Waals surface area contributed by atoms with Crippen molar-refractivity contribution in [3.05, 3.63) is 30.3 Å². The fourth-order valence-corrected chi connectivity index (χ4v) is 4.01. The SMILES string of the molecule is COCOC(C(C)CS(=O)(=O)c1ccccc1)(C(F)(F)F)C(F)(F)F. The van der Waals surface area contributed by atoms with Crippen molar-refractivity contribution in [2.45, 2.75) is 29.8 Å². The minimum absolute atomic E-state index is 0.383. The molecule has 0 radical (unpaired) electrons. The van der Waals surface area contributed by atoms with Crippen LogP contribution in [0.15, 0.2) is 35.2 Å². The highest BCUT2D eigenvalue weighted by Gasteiger charge is 2.75. The molecule has 0 aliphatic carbocycles. The number of alkyl halides is 6. The summed E-state index contributed by atoms with van der Waals surface area (Å²) in [6.07, 6.45) is -11.8. The third-order valence-corrected chi connectivity index (χ3v) is 5.44. The molecule has 25 heavy (non-hydrogen) atoms. The van der Waals surface area contributed by atoms with Gasteiger partial charge in [0.2, 0.25) is 0 Å². The summed E-state index contributed by atoms with van der Waals surface area (Å²) < 4.78 is 113. The van der Waals surface area contributed by atoms with Crippen LogP contribution < -0.4 is 0 Å². The Labute approximate surface area is 140 Å². The summed E-state index contributed by atoms with van der Waals surface area (Å²) >= 11 is 0. The Kier molecular flexibility index (Phi) is 6.52. The van der Waals surface area contributed by atoms with Gasteiger partial charge >= 0.3 is 12.4 Å². The van der Waals surface area contributed by atoms with Gasteiger partial charge in [-0.05, 0) is 12.1 Å². The van der Waals surface area contributed by atoms with Crippen molar-refractivity contribution >= 4 is 9.84 Å². The second-order valence-electron chi connectivity index (χ2n) is 5.28. The summed E-state index contributed by atoms with van der Waals surface area (Å²) in [6, 6.07) is 6.24. The van der Waals surface area contributed by atoms with Gasteiger partial charge in [-0.2, -0.15) is 26.3 Å². The van der Waals surface area contributed by atoms with Crippen LogP contribution >= 0.6 is 0 Å². The zero-order valence-electron chi connectivity index (χ0n) is 13.2. The molecule has 0 saturated heterocycles. The Hall–Kier alpha value is -1.33. The molecule has 1 aromatic rings. The number of hydrogen-bond donors (Lipinski definition) is 0. The molecule has 0 aromatic heterocycles. The molecule has 0 bridgehead atoms. The zero-order valence-corrected chi connectivity index (χ0v) is 14.0. The summed E-state index contributed by atoms with van der Waals surface area (Å²) in [6.45, 7) is -0.786. The normalized spacial score (nSPS) is 15.2. The van der Waals surface area contributed by atoms with E-state index in [9.17, 15) is 34.8 Å². The molecule has 1 unspecified atom stereocenters. The maximum absolute atomic E-state index is 13.3. The number of methoxy groups -OCH3 is 1. The highest BCUT2D eigenvalue weighted by atomic mass is 32.2. The van der Waals surface area contributed by atoms with Gasteiger partial charge in [0.25, 0.3) is 5.60 Å². The molecule has 0 amide bonds. The van der Waals surface area contributed by atoms with E-state index in [1.807, 2.05) is 0 Å². The van der Waals surface area contributed by atoms with Crippen molar-refractivity contribution in [3.63, 3.8) is 0 Å². The summed E-state index contributed by atoms with van der Waals surface area (Å²) in [5.41, 5.74) is -4.68. The van der Waals surface area contributed by atoms with Gasteiger partial charge in [-0.3, -0.25) is 0 Å². The third-order valence-electron chi connectivity index (χ3n) is 3.51. The summed E-state index contributed by atoms with van der Waals surface area (Å²) in [5.74, 6) is -3.90. The fourth-order valence-electron chi connectivity index (χ4n) is 2.35. The quantitative estimate of drug-likeness (QED) is 0.524. The van der Waals surface area contributed by atoms with E-state index in [0.717, 1.165) is 19.2 Å². The first-order chi connectivity index (χ1) is 11.3. The molecule has 1 rings (SSSR count). The van der Waals surface area contributed by atoms with Crippen LogP contribution in [0.3, 0.4) is 0 Å². The molecular formula is C14H16F6O4S. The van der Waals surface area contributed by atoms with E-state index in [4.69, 9.17) is 0 Å². The Bertz CT molecular complexity index is 640. The standard InChI is InChI=1S/C14H16F6O4S/c1-10(8-25(21,22)11-6-4-3-5-7-11)12(13(15,16)17,14(18,19)20)24-9-23-2/h3-7,10H,8-9H2,1-2H3. The van der Waals surface area contributed by atoms with E-state index in [0.29, 0.717) is 6.92 Å². The van der Waals surface area contributed by atoms with Crippen LogP contribution in [0.4, 0.5) is 26.3 Å². The molecule has 0 heterocycles.